The number of amides is 1. The molecule has 1 unspecified atom stereocenters. The molecular weight excluding hydrogens is 317 g/mol. The lowest BCUT2D eigenvalue weighted by atomic mass is 10.3. The minimum Gasteiger partial charge on any atom is -0.479 e. The summed E-state index contributed by atoms with van der Waals surface area (Å²) in [4.78, 5) is 13.0. The van der Waals surface area contributed by atoms with Crippen molar-refractivity contribution in [2.75, 3.05) is 0 Å². The number of ether oxygens (including phenoxy) is 1. The van der Waals surface area contributed by atoms with E-state index in [1.807, 2.05) is 17.5 Å². The highest BCUT2D eigenvalue weighted by atomic mass is 35.5. The Balaban J connectivity index is 1.92. The second kappa shape index (κ2) is 6.97. The number of halogens is 2. The van der Waals surface area contributed by atoms with Gasteiger partial charge in [0.05, 0.1) is 11.6 Å². The highest BCUT2D eigenvalue weighted by Gasteiger charge is 2.16. The first-order valence-corrected chi connectivity index (χ1v) is 7.62. The summed E-state index contributed by atoms with van der Waals surface area (Å²) in [5.41, 5.74) is 0. The van der Waals surface area contributed by atoms with Crippen LogP contribution in [-0.4, -0.2) is 12.0 Å². The predicted molar refractivity (Wildman–Crippen MR) is 82.7 cm³/mol. The fourth-order valence-electron chi connectivity index (χ4n) is 1.55. The van der Waals surface area contributed by atoms with Gasteiger partial charge < -0.3 is 10.1 Å². The van der Waals surface area contributed by atoms with Crippen LogP contribution in [0.15, 0.2) is 35.7 Å². The van der Waals surface area contributed by atoms with Gasteiger partial charge in [-0.3, -0.25) is 4.79 Å². The van der Waals surface area contributed by atoms with Gasteiger partial charge in [0.1, 0.15) is 10.8 Å². The van der Waals surface area contributed by atoms with E-state index < -0.39 is 6.10 Å². The molecule has 6 heteroatoms. The maximum atomic E-state index is 11.9. The summed E-state index contributed by atoms with van der Waals surface area (Å²) in [7, 11) is 0. The molecule has 0 aliphatic rings. The van der Waals surface area contributed by atoms with E-state index in [0.717, 1.165) is 4.88 Å². The SMILES string of the molecule is CC(Oc1cccc(Cl)c1Cl)C(=O)NCc1cccs1. The maximum absolute atomic E-state index is 11.9. The van der Waals surface area contributed by atoms with Crippen LogP contribution in [0.5, 0.6) is 5.75 Å². The van der Waals surface area contributed by atoms with Crippen LogP contribution in [0.3, 0.4) is 0 Å². The van der Waals surface area contributed by atoms with Crippen molar-refractivity contribution in [3.8, 4) is 5.75 Å². The molecule has 0 radical (unpaired) electrons. The molecule has 3 nitrogen and oxygen atoms in total. The zero-order chi connectivity index (χ0) is 14.5. The molecule has 106 valence electrons. The fraction of sp³-hybridized carbons (Fsp3) is 0.214. The summed E-state index contributed by atoms with van der Waals surface area (Å²) in [5, 5.41) is 5.49. The van der Waals surface area contributed by atoms with Gasteiger partial charge in [-0.25, -0.2) is 0 Å². The van der Waals surface area contributed by atoms with Crippen LogP contribution in [0.25, 0.3) is 0 Å². The van der Waals surface area contributed by atoms with Gasteiger partial charge in [0.15, 0.2) is 6.10 Å². The molecule has 0 bridgehead atoms. The molecule has 0 saturated carbocycles. The summed E-state index contributed by atoms with van der Waals surface area (Å²) in [6, 6.07) is 8.97. The Kier molecular flexibility index (Phi) is 5.29. The zero-order valence-corrected chi connectivity index (χ0v) is 13.1. The number of hydrogen-bond donors (Lipinski definition) is 1. The second-order valence-corrected chi connectivity index (χ2v) is 5.93. The Morgan fingerprint density at radius 1 is 1.35 bits per heavy atom. The topological polar surface area (TPSA) is 38.3 Å². The van der Waals surface area contributed by atoms with Crippen molar-refractivity contribution in [3.63, 3.8) is 0 Å². The van der Waals surface area contributed by atoms with Crippen molar-refractivity contribution in [1.29, 1.82) is 0 Å². The van der Waals surface area contributed by atoms with Gasteiger partial charge in [-0.2, -0.15) is 0 Å². The van der Waals surface area contributed by atoms with Gasteiger partial charge in [-0.05, 0) is 30.5 Å². The Labute approximate surface area is 131 Å². The monoisotopic (exact) mass is 329 g/mol. The molecular formula is C14H13Cl2NO2S. The summed E-state index contributed by atoms with van der Waals surface area (Å²) < 4.78 is 5.53. The van der Waals surface area contributed by atoms with E-state index in [2.05, 4.69) is 5.32 Å². The molecule has 1 heterocycles. The number of rotatable bonds is 5. The Morgan fingerprint density at radius 3 is 2.85 bits per heavy atom. The van der Waals surface area contributed by atoms with E-state index in [1.54, 1.807) is 36.5 Å². The van der Waals surface area contributed by atoms with Crippen LogP contribution in [-0.2, 0) is 11.3 Å². The van der Waals surface area contributed by atoms with Crippen molar-refractivity contribution >= 4 is 40.4 Å². The molecule has 2 aromatic rings. The first-order valence-electron chi connectivity index (χ1n) is 5.98. The lowest BCUT2D eigenvalue weighted by Crippen LogP contribution is -2.35. The molecule has 0 aliphatic heterocycles. The van der Waals surface area contributed by atoms with E-state index in [0.29, 0.717) is 22.3 Å². The quantitative estimate of drug-likeness (QED) is 0.895. The molecule has 2 rings (SSSR count). The van der Waals surface area contributed by atoms with Crippen molar-refractivity contribution < 1.29 is 9.53 Å². The molecule has 1 N–H and O–H groups in total. The van der Waals surface area contributed by atoms with Gasteiger partial charge in [-0.1, -0.05) is 35.3 Å². The van der Waals surface area contributed by atoms with Crippen LogP contribution in [0.4, 0.5) is 0 Å². The highest BCUT2D eigenvalue weighted by Crippen LogP contribution is 2.32. The van der Waals surface area contributed by atoms with Gasteiger partial charge >= 0.3 is 0 Å². The third kappa shape index (κ3) is 3.88. The van der Waals surface area contributed by atoms with Crippen molar-refractivity contribution in [1.82, 2.24) is 5.32 Å². The number of nitrogens with one attached hydrogen (secondary N) is 1. The number of hydrogen-bond acceptors (Lipinski definition) is 3. The fourth-order valence-corrected chi connectivity index (χ4v) is 2.53. The van der Waals surface area contributed by atoms with Crippen LogP contribution in [0.1, 0.15) is 11.8 Å². The van der Waals surface area contributed by atoms with Crippen LogP contribution < -0.4 is 10.1 Å². The molecule has 20 heavy (non-hydrogen) atoms. The highest BCUT2D eigenvalue weighted by molar-refractivity contribution is 7.09. The number of thiophene rings is 1. The van der Waals surface area contributed by atoms with E-state index in [9.17, 15) is 4.79 Å². The largest absolute Gasteiger partial charge is 0.479 e. The molecule has 0 saturated heterocycles. The molecule has 0 aliphatic carbocycles. The third-order valence-electron chi connectivity index (χ3n) is 2.61. The number of carbonyl (C=O) groups is 1. The minimum atomic E-state index is -0.647. The molecule has 0 fully saturated rings. The van der Waals surface area contributed by atoms with Crippen LogP contribution in [0.2, 0.25) is 10.0 Å². The summed E-state index contributed by atoms with van der Waals surface area (Å²) >= 11 is 13.5. The summed E-state index contributed by atoms with van der Waals surface area (Å²) in [6.07, 6.45) is -0.647. The average Bonchev–Trinajstić information content (AvgIpc) is 2.94. The normalized spacial score (nSPS) is 11.9. The Hall–Kier alpha value is -1.23. The van der Waals surface area contributed by atoms with Gasteiger partial charge in [0, 0.05) is 4.88 Å². The lowest BCUT2D eigenvalue weighted by molar-refractivity contribution is -0.127. The minimum absolute atomic E-state index is 0.200. The smallest absolute Gasteiger partial charge is 0.261 e. The maximum Gasteiger partial charge on any atom is 0.261 e. The van der Waals surface area contributed by atoms with Gasteiger partial charge in [0.2, 0.25) is 0 Å². The van der Waals surface area contributed by atoms with E-state index in [-0.39, 0.29) is 5.91 Å². The Bertz CT molecular complexity index is 587. The first kappa shape index (κ1) is 15.2. The molecule has 0 spiro atoms. The van der Waals surface area contributed by atoms with Crippen LogP contribution >= 0.6 is 34.5 Å². The number of benzene rings is 1. The van der Waals surface area contributed by atoms with E-state index in [1.165, 1.54) is 0 Å². The first-order chi connectivity index (χ1) is 9.58. The summed E-state index contributed by atoms with van der Waals surface area (Å²) in [6.45, 7) is 2.16. The van der Waals surface area contributed by atoms with Gasteiger partial charge in [0.25, 0.3) is 5.91 Å². The predicted octanol–water partition coefficient (Wildman–Crippen LogP) is 4.14. The Morgan fingerprint density at radius 2 is 2.15 bits per heavy atom. The van der Waals surface area contributed by atoms with Crippen molar-refractivity contribution in [2.45, 2.75) is 19.6 Å². The standard InChI is InChI=1S/C14H13Cl2NO2S/c1-9(14(18)17-8-10-4-3-7-20-10)19-12-6-2-5-11(15)13(12)16/h2-7,9H,8H2,1H3,(H,17,18). The second-order valence-electron chi connectivity index (χ2n) is 4.11. The molecule has 1 aromatic heterocycles. The van der Waals surface area contributed by atoms with E-state index >= 15 is 0 Å². The van der Waals surface area contributed by atoms with Gasteiger partial charge in [-0.15, -0.1) is 11.3 Å². The summed E-state index contributed by atoms with van der Waals surface area (Å²) in [5.74, 6) is 0.201. The average molecular weight is 330 g/mol. The molecule has 1 amide bonds. The van der Waals surface area contributed by atoms with Crippen molar-refractivity contribution in [2.24, 2.45) is 0 Å². The number of carbonyl (C=O) groups excluding carboxylic acids is 1. The third-order valence-corrected chi connectivity index (χ3v) is 4.28. The lowest BCUT2D eigenvalue weighted by Gasteiger charge is -2.15. The van der Waals surface area contributed by atoms with Crippen LogP contribution in [0, 0.1) is 0 Å². The molecule has 1 atom stereocenters. The van der Waals surface area contributed by atoms with E-state index in [4.69, 9.17) is 27.9 Å². The molecule has 1 aromatic carbocycles. The zero-order valence-electron chi connectivity index (χ0n) is 10.7. The van der Waals surface area contributed by atoms with Crippen molar-refractivity contribution in [3.05, 3.63) is 50.6 Å².